The highest BCUT2D eigenvalue weighted by atomic mass is 16.6. The van der Waals surface area contributed by atoms with Gasteiger partial charge in [0, 0.05) is 30.0 Å². The molecule has 182 valence electrons. The molecule has 9 heteroatoms. The third kappa shape index (κ3) is 2.83. The van der Waals surface area contributed by atoms with E-state index in [0.717, 1.165) is 24.4 Å². The first-order valence-corrected chi connectivity index (χ1v) is 13.3. The molecule has 4 fully saturated rings. The molecule has 4 aliphatic carbocycles. The van der Waals surface area contributed by atoms with Crippen LogP contribution in [-0.2, 0) is 18.8 Å². The van der Waals surface area contributed by atoms with Crippen LogP contribution in [0.2, 0.25) is 10.6 Å². The van der Waals surface area contributed by atoms with Crippen LogP contribution in [0.25, 0.3) is 0 Å². The van der Waals surface area contributed by atoms with Crippen molar-refractivity contribution in [1.82, 2.24) is 0 Å². The van der Waals surface area contributed by atoms with Gasteiger partial charge in [0.15, 0.2) is 0 Å². The number of carbonyl (C=O) groups is 1. The summed E-state index contributed by atoms with van der Waals surface area (Å²) in [6.07, 6.45) is 7.11. The number of carbonyl (C=O) groups excluding carboxylic acids is 1. The number of esters is 1. The summed E-state index contributed by atoms with van der Waals surface area (Å²) < 4.78 is 23.5. The summed E-state index contributed by atoms with van der Waals surface area (Å²) in [6.45, 7) is 6.33. The molecule has 2 heterocycles. The van der Waals surface area contributed by atoms with Gasteiger partial charge in [0.2, 0.25) is 0 Å². The van der Waals surface area contributed by atoms with E-state index in [1.54, 1.807) is 0 Å². The van der Waals surface area contributed by atoms with E-state index in [2.05, 4.69) is 19.9 Å². The van der Waals surface area contributed by atoms with Crippen molar-refractivity contribution in [2.75, 3.05) is 0 Å². The van der Waals surface area contributed by atoms with Gasteiger partial charge in [-0.1, -0.05) is 37.2 Å². The van der Waals surface area contributed by atoms with Crippen molar-refractivity contribution >= 4 is 37.8 Å². The van der Waals surface area contributed by atoms with Crippen molar-refractivity contribution < 1.29 is 23.3 Å². The van der Waals surface area contributed by atoms with Crippen molar-refractivity contribution in [1.29, 1.82) is 0 Å². The quantitative estimate of drug-likeness (QED) is 0.368. The number of aryl methyl sites for hydroxylation is 1. The van der Waals surface area contributed by atoms with E-state index in [-0.39, 0.29) is 35.4 Å². The number of hydrogen-bond donors (Lipinski definition) is 0. The lowest BCUT2D eigenvalue weighted by Crippen LogP contribution is -2.66. The minimum Gasteiger partial charge on any atom is -0.466 e. The number of rotatable bonds is 3. The van der Waals surface area contributed by atoms with Crippen molar-refractivity contribution in [3.05, 3.63) is 35.3 Å². The lowest BCUT2D eigenvalue weighted by molar-refractivity contribution is -0.175. The van der Waals surface area contributed by atoms with Crippen LogP contribution in [0.5, 0.6) is 0 Å². The molecular formula is C27H32B4O5. The molecule has 36 heavy (non-hydrogen) atoms. The Morgan fingerprint density at radius 3 is 2.44 bits per heavy atom. The summed E-state index contributed by atoms with van der Waals surface area (Å²) in [4.78, 5) is 12.4. The molecule has 5 aliphatic rings. The molecule has 1 aromatic heterocycles. The van der Waals surface area contributed by atoms with Gasteiger partial charge >= 0.3 is 5.97 Å². The van der Waals surface area contributed by atoms with Crippen LogP contribution < -0.4 is 0 Å². The van der Waals surface area contributed by atoms with Gasteiger partial charge in [-0.3, -0.25) is 4.79 Å². The number of fused-ring (bicyclic) bond motifs is 6. The van der Waals surface area contributed by atoms with Crippen molar-refractivity contribution in [2.45, 2.75) is 106 Å². The summed E-state index contributed by atoms with van der Waals surface area (Å²) in [6, 6.07) is 3.96. The molecule has 0 N–H and O–H groups in total. The summed E-state index contributed by atoms with van der Waals surface area (Å²) in [5.74, 6) is 0.918. The van der Waals surface area contributed by atoms with E-state index < -0.39 is 21.6 Å². The van der Waals surface area contributed by atoms with Gasteiger partial charge in [-0.15, -0.1) is 0 Å². The number of furan rings is 1. The highest BCUT2D eigenvalue weighted by molar-refractivity contribution is 6.28. The molecule has 1 unspecified atom stereocenters. The molecule has 8 radical (unpaired) electrons. The normalized spacial score (nSPS) is 49.8. The molecule has 9 atom stereocenters. The average molecular weight is 480 g/mol. The van der Waals surface area contributed by atoms with Gasteiger partial charge < -0.3 is 18.5 Å². The van der Waals surface area contributed by atoms with Crippen LogP contribution >= 0.6 is 0 Å². The second-order valence-corrected chi connectivity index (χ2v) is 12.6. The highest BCUT2D eigenvalue weighted by Crippen LogP contribution is 2.85. The fourth-order valence-electron chi connectivity index (χ4n) is 9.46. The van der Waals surface area contributed by atoms with E-state index >= 15 is 0 Å². The summed E-state index contributed by atoms with van der Waals surface area (Å²) in [5, 5.41) is -1.83. The zero-order chi connectivity index (χ0) is 25.7. The van der Waals surface area contributed by atoms with Gasteiger partial charge in [-0.2, -0.15) is 0 Å². The maximum Gasteiger partial charge on any atom is 0.306 e. The molecule has 1 aromatic rings. The lowest BCUT2D eigenvalue weighted by atomic mass is 9.23. The fourth-order valence-corrected chi connectivity index (χ4v) is 9.46. The molecule has 1 aliphatic heterocycles. The molecule has 6 rings (SSSR count). The van der Waals surface area contributed by atoms with Crippen molar-refractivity contribution in [3.63, 3.8) is 0 Å². The Bertz CT molecular complexity index is 1120. The van der Waals surface area contributed by atoms with Crippen LogP contribution in [0.15, 0.2) is 28.2 Å². The smallest absolute Gasteiger partial charge is 0.306 e. The predicted octanol–water partition coefficient (Wildman–Crippen LogP) is 4.29. The summed E-state index contributed by atoms with van der Waals surface area (Å²) in [5.41, 5.74) is -0.363. The maximum atomic E-state index is 12.4. The first-order valence-electron chi connectivity index (χ1n) is 13.3. The van der Waals surface area contributed by atoms with Crippen molar-refractivity contribution in [3.8, 4) is 0 Å². The predicted molar refractivity (Wildman–Crippen MR) is 138 cm³/mol. The zero-order valence-corrected chi connectivity index (χ0v) is 21.5. The Morgan fingerprint density at radius 2 is 1.83 bits per heavy atom. The molecule has 0 aromatic carbocycles. The van der Waals surface area contributed by atoms with Crippen LogP contribution in [0.4, 0.5) is 0 Å². The fraction of sp³-hybridized carbons (Fsp3) is 0.741. The van der Waals surface area contributed by atoms with Gasteiger partial charge in [0.05, 0.1) is 15.7 Å². The van der Waals surface area contributed by atoms with E-state index in [1.807, 2.05) is 19.1 Å². The summed E-state index contributed by atoms with van der Waals surface area (Å²) >= 11 is 0. The largest absolute Gasteiger partial charge is 0.466 e. The Labute approximate surface area is 219 Å². The van der Waals surface area contributed by atoms with E-state index in [0.29, 0.717) is 38.5 Å². The molecule has 3 saturated carbocycles. The van der Waals surface area contributed by atoms with Crippen LogP contribution in [0.3, 0.4) is 0 Å². The molecule has 0 bridgehead atoms. The van der Waals surface area contributed by atoms with Gasteiger partial charge in [-0.05, 0) is 74.2 Å². The second kappa shape index (κ2) is 7.85. The Hall–Kier alpha value is -1.33. The molecule has 0 amide bonds. The molecule has 1 saturated heterocycles. The number of hydrogen-bond acceptors (Lipinski definition) is 5. The van der Waals surface area contributed by atoms with Gasteiger partial charge in [-0.25, -0.2) is 0 Å². The minimum atomic E-state index is -0.971. The first kappa shape index (κ1) is 25.0. The zero-order valence-electron chi connectivity index (χ0n) is 21.5. The van der Waals surface area contributed by atoms with E-state index in [4.69, 9.17) is 50.3 Å². The van der Waals surface area contributed by atoms with E-state index in [1.165, 1.54) is 5.57 Å². The Morgan fingerprint density at radius 1 is 1.06 bits per heavy atom. The Balaban J connectivity index is 1.60. The molecule has 1 spiro atoms. The third-order valence-corrected chi connectivity index (χ3v) is 11.4. The average Bonchev–Trinajstić information content (AvgIpc) is 3.51. The topological polar surface area (TPSA) is 57.9 Å². The van der Waals surface area contributed by atoms with Crippen molar-refractivity contribution in [2.24, 2.45) is 16.7 Å². The molecular weight excluding hydrogens is 448 g/mol. The molecule has 5 nitrogen and oxygen atoms in total. The van der Waals surface area contributed by atoms with Crippen LogP contribution in [0, 0.1) is 23.7 Å². The first-order chi connectivity index (χ1) is 17.0. The lowest BCUT2D eigenvalue weighted by Gasteiger charge is -2.72. The van der Waals surface area contributed by atoms with Gasteiger partial charge in [0.1, 0.15) is 17.1 Å². The number of ether oxygens (including phenoxy) is 1. The maximum absolute atomic E-state index is 12.4. The van der Waals surface area contributed by atoms with E-state index in [9.17, 15) is 4.79 Å². The number of allylic oxidation sites excluding steroid dienone is 1. The minimum absolute atomic E-state index is 0.0563. The highest BCUT2D eigenvalue weighted by Gasteiger charge is 2.78. The van der Waals surface area contributed by atoms with Crippen LogP contribution in [0.1, 0.15) is 82.7 Å². The SMILES string of the molecule is [B]O[C@H]1CC[C@@]2(C)C(=C[C@@H](c3ccc(C)o3)[C@]3([B])C2[C@H](O[B])C[C@]2(C)[C@]4(CCC(=O)O4)CC[C@]23[B])C1. The van der Waals surface area contributed by atoms with Gasteiger partial charge in [0.25, 0.3) is 16.1 Å². The van der Waals surface area contributed by atoms with Crippen LogP contribution in [-0.4, -0.2) is 55.6 Å². The third-order valence-electron chi connectivity index (χ3n) is 11.4. The Kier molecular flexibility index (Phi) is 5.44. The summed E-state index contributed by atoms with van der Waals surface area (Å²) in [7, 11) is 27.2. The standard InChI is InChI=1S/C27H32B4O5/c1-15-4-5-19(33-15)18-13-16-12-17(35-30)6-8-23(16,2)22-20(36-31)14-24(3)25(9-7-21(32)34-25)10-11-26(24,28)27(18,22)29/h4-5,13,17-18,20,22H,6-12,14H2,1-3H3/t17-,18-,20+,22?,23-,24+,25-,26-,27-/m0/s1. The monoisotopic (exact) mass is 480 g/mol. The second-order valence-electron chi connectivity index (χ2n) is 12.6.